The fourth-order valence-corrected chi connectivity index (χ4v) is 2.80. The molecule has 2 aromatic carbocycles. The van der Waals surface area contributed by atoms with Crippen LogP contribution < -0.4 is 0 Å². The van der Waals surface area contributed by atoms with Crippen LogP contribution in [0.3, 0.4) is 0 Å². The predicted molar refractivity (Wildman–Crippen MR) is 122 cm³/mol. The third kappa shape index (κ3) is 9.95. The molecule has 32 heavy (non-hydrogen) atoms. The molecule has 2 unspecified atom stereocenters. The SMILES string of the molecule is CC(COC(C)COCc1ccc([N+]#N)cc1)COC(C)COCc1ccc([N+]#N)cc1. The second-order valence-corrected chi connectivity index (χ2v) is 7.96. The van der Waals surface area contributed by atoms with Crippen LogP contribution in [0.25, 0.3) is 9.95 Å². The molecule has 2 aromatic rings. The fourth-order valence-electron chi connectivity index (χ4n) is 2.80. The Morgan fingerprint density at radius 2 is 1.00 bits per heavy atom. The second kappa shape index (κ2) is 14.2. The van der Waals surface area contributed by atoms with Crippen LogP contribution in [-0.4, -0.2) is 38.6 Å². The van der Waals surface area contributed by atoms with E-state index in [-0.39, 0.29) is 18.1 Å². The molecule has 0 fully saturated rings. The van der Waals surface area contributed by atoms with Crippen LogP contribution >= 0.6 is 0 Å². The molecule has 2 atom stereocenters. The summed E-state index contributed by atoms with van der Waals surface area (Å²) >= 11 is 0. The lowest BCUT2D eigenvalue weighted by atomic mass is 10.2. The van der Waals surface area contributed by atoms with Crippen molar-refractivity contribution in [3.8, 4) is 0 Å². The summed E-state index contributed by atoms with van der Waals surface area (Å²) in [7, 11) is 0. The highest BCUT2D eigenvalue weighted by Crippen LogP contribution is 2.14. The minimum absolute atomic E-state index is 0.0186. The quantitative estimate of drug-likeness (QED) is 0.343. The van der Waals surface area contributed by atoms with Crippen molar-refractivity contribution in [3.05, 3.63) is 69.6 Å². The maximum atomic E-state index is 8.70. The van der Waals surface area contributed by atoms with Gasteiger partial charge in [0.05, 0.1) is 51.8 Å². The van der Waals surface area contributed by atoms with Gasteiger partial charge < -0.3 is 18.9 Å². The third-order valence-corrected chi connectivity index (χ3v) is 4.68. The number of diazo groups is 2. The van der Waals surface area contributed by atoms with E-state index in [4.69, 9.17) is 29.7 Å². The van der Waals surface area contributed by atoms with E-state index < -0.39 is 0 Å². The smallest absolute Gasteiger partial charge is 0.376 e. The van der Waals surface area contributed by atoms with E-state index in [9.17, 15) is 0 Å². The van der Waals surface area contributed by atoms with Gasteiger partial charge in [-0.25, -0.2) is 0 Å². The third-order valence-electron chi connectivity index (χ3n) is 4.68. The van der Waals surface area contributed by atoms with Crippen molar-refractivity contribution in [2.75, 3.05) is 26.4 Å². The summed E-state index contributed by atoms with van der Waals surface area (Å²) in [5, 5.41) is 17.4. The number of hydrogen-bond acceptors (Lipinski definition) is 6. The molecule has 170 valence electrons. The Morgan fingerprint density at radius 3 is 1.34 bits per heavy atom. The molecule has 0 amide bonds. The maximum Gasteiger partial charge on any atom is 0.385 e. The largest absolute Gasteiger partial charge is 0.385 e. The average molecular weight is 441 g/mol. The van der Waals surface area contributed by atoms with Crippen molar-refractivity contribution in [1.82, 2.24) is 0 Å². The lowest BCUT2D eigenvalue weighted by Gasteiger charge is -2.19. The van der Waals surface area contributed by atoms with E-state index >= 15 is 0 Å². The molecule has 0 saturated carbocycles. The van der Waals surface area contributed by atoms with Gasteiger partial charge in [0.15, 0.2) is 9.95 Å². The molecule has 8 heteroatoms. The summed E-state index contributed by atoms with van der Waals surface area (Å²) < 4.78 is 23.1. The van der Waals surface area contributed by atoms with Gasteiger partial charge in [0, 0.05) is 30.2 Å². The molecule has 0 aliphatic carbocycles. The highest BCUT2D eigenvalue weighted by molar-refractivity contribution is 5.45. The van der Waals surface area contributed by atoms with Crippen LogP contribution in [0.4, 0.5) is 11.4 Å². The molecule has 0 spiro atoms. The summed E-state index contributed by atoms with van der Waals surface area (Å²) in [5.41, 5.74) is 3.07. The van der Waals surface area contributed by atoms with E-state index in [1.807, 2.05) is 38.1 Å². The van der Waals surface area contributed by atoms with Gasteiger partial charge >= 0.3 is 11.4 Å². The summed E-state index contributed by atoms with van der Waals surface area (Å²) in [5.74, 6) is 0.254. The Morgan fingerprint density at radius 1 is 0.625 bits per heavy atom. The molecule has 0 aliphatic heterocycles. The molecule has 0 N–H and O–H groups in total. The van der Waals surface area contributed by atoms with Gasteiger partial charge in [-0.15, -0.1) is 0 Å². The molecule has 0 radical (unpaired) electrons. The van der Waals surface area contributed by atoms with Crippen LogP contribution in [0.5, 0.6) is 0 Å². The molecular formula is C24H32N4O4+2. The number of nitrogens with zero attached hydrogens (tertiary/aromatic N) is 4. The minimum Gasteiger partial charge on any atom is -0.376 e. The Bertz CT molecular complexity index is 801. The molecule has 2 rings (SSSR count). The lowest BCUT2D eigenvalue weighted by Crippen LogP contribution is -2.24. The van der Waals surface area contributed by atoms with Crippen molar-refractivity contribution in [2.45, 2.75) is 46.2 Å². The summed E-state index contributed by atoms with van der Waals surface area (Å²) in [6.07, 6.45) is -0.0371. The van der Waals surface area contributed by atoms with Crippen molar-refractivity contribution in [3.63, 3.8) is 0 Å². The maximum absolute atomic E-state index is 8.70. The van der Waals surface area contributed by atoms with Crippen LogP contribution in [0, 0.1) is 16.7 Å². The number of hydrogen-bond donors (Lipinski definition) is 0. The van der Waals surface area contributed by atoms with Gasteiger partial charge in [0.25, 0.3) is 0 Å². The topological polar surface area (TPSA) is 93.2 Å². The Kier molecular flexibility index (Phi) is 11.3. The van der Waals surface area contributed by atoms with E-state index in [2.05, 4.69) is 16.9 Å². The lowest BCUT2D eigenvalue weighted by molar-refractivity contribution is -0.0548. The van der Waals surface area contributed by atoms with Crippen molar-refractivity contribution >= 4 is 11.4 Å². The first-order valence-electron chi connectivity index (χ1n) is 10.8. The van der Waals surface area contributed by atoms with Gasteiger partial charge in [0.1, 0.15) is 0 Å². The normalized spacial score (nSPS) is 13.7. The predicted octanol–water partition coefficient (Wildman–Crippen LogP) is 5.84. The molecule has 8 nitrogen and oxygen atoms in total. The number of rotatable bonds is 14. The zero-order valence-electron chi connectivity index (χ0n) is 19.0. The molecule has 0 aliphatic rings. The molecule has 0 aromatic heterocycles. The first kappa shape index (κ1) is 25.4. The van der Waals surface area contributed by atoms with E-state index in [1.54, 1.807) is 24.3 Å². The summed E-state index contributed by atoms with van der Waals surface area (Å²) in [6, 6.07) is 14.4. The summed E-state index contributed by atoms with van der Waals surface area (Å²) in [4.78, 5) is 6.26. The Balaban J connectivity index is 1.52. The van der Waals surface area contributed by atoms with Gasteiger partial charge in [-0.2, -0.15) is 0 Å². The van der Waals surface area contributed by atoms with Crippen LogP contribution in [-0.2, 0) is 32.2 Å². The van der Waals surface area contributed by atoms with Crippen LogP contribution in [0.1, 0.15) is 31.9 Å². The molecule has 0 saturated heterocycles. The molecule has 0 heterocycles. The van der Waals surface area contributed by atoms with Gasteiger partial charge in [-0.3, -0.25) is 0 Å². The first-order valence-corrected chi connectivity index (χ1v) is 10.8. The van der Waals surface area contributed by atoms with Crippen LogP contribution in [0.2, 0.25) is 0 Å². The zero-order valence-corrected chi connectivity index (χ0v) is 19.0. The molecular weight excluding hydrogens is 408 g/mol. The first-order chi connectivity index (χ1) is 15.5. The van der Waals surface area contributed by atoms with E-state index in [1.165, 1.54) is 0 Å². The van der Waals surface area contributed by atoms with E-state index in [0.29, 0.717) is 51.0 Å². The van der Waals surface area contributed by atoms with Gasteiger partial charge in [0.2, 0.25) is 10.8 Å². The van der Waals surface area contributed by atoms with Crippen molar-refractivity contribution < 1.29 is 18.9 Å². The highest BCUT2D eigenvalue weighted by atomic mass is 16.5. The monoisotopic (exact) mass is 440 g/mol. The minimum atomic E-state index is -0.0186. The summed E-state index contributed by atoms with van der Waals surface area (Å²) in [6.45, 7) is 9.20. The number of ether oxygens (including phenoxy) is 4. The van der Waals surface area contributed by atoms with Gasteiger partial charge in [-0.05, 0) is 49.2 Å². The average Bonchev–Trinajstić information content (AvgIpc) is 2.82. The second-order valence-electron chi connectivity index (χ2n) is 7.96. The van der Waals surface area contributed by atoms with Crippen molar-refractivity contribution in [2.24, 2.45) is 5.92 Å². The van der Waals surface area contributed by atoms with Crippen molar-refractivity contribution in [1.29, 1.82) is 10.8 Å². The standard InChI is InChI=1S/C24H32N4O4/c1-18(12-31-19(2)14-29-16-21-4-8-23(27-25)9-5-21)13-32-20(3)15-30-17-22-6-10-24(28-26)11-7-22/h4-11,18-20H,12-17H2,1-3H3/q+2. The highest BCUT2D eigenvalue weighted by Gasteiger charge is 2.11. The fraction of sp³-hybridized carbons (Fsp3) is 0.500. The van der Waals surface area contributed by atoms with E-state index in [0.717, 1.165) is 11.1 Å². The Labute approximate surface area is 189 Å². The molecule has 0 bridgehead atoms. The van der Waals surface area contributed by atoms with Crippen LogP contribution in [0.15, 0.2) is 48.5 Å². The number of benzene rings is 2. The van der Waals surface area contributed by atoms with Gasteiger partial charge in [-0.1, -0.05) is 6.92 Å². The zero-order chi connectivity index (χ0) is 23.2. The Hall–Kier alpha value is -2.88.